The molecule has 35 heavy (non-hydrogen) atoms. The lowest BCUT2D eigenvalue weighted by Gasteiger charge is -2.26. The van der Waals surface area contributed by atoms with Gasteiger partial charge in [-0.2, -0.15) is 13.2 Å². The molecule has 0 spiro atoms. The van der Waals surface area contributed by atoms with Gasteiger partial charge in [0, 0.05) is 11.8 Å². The summed E-state index contributed by atoms with van der Waals surface area (Å²) in [6, 6.07) is 21.9. The molecule has 0 aliphatic carbocycles. The van der Waals surface area contributed by atoms with Crippen molar-refractivity contribution in [3.8, 4) is 11.3 Å². The van der Waals surface area contributed by atoms with Crippen LogP contribution in [-0.4, -0.2) is 13.1 Å². The number of fused-ring (bicyclic) bond motifs is 2. The van der Waals surface area contributed by atoms with Gasteiger partial charge in [0.05, 0.1) is 11.3 Å². The molecule has 3 aromatic carbocycles. The number of benzene rings is 3. The lowest BCUT2D eigenvalue weighted by atomic mass is 9.82. The fourth-order valence-electron chi connectivity index (χ4n) is 5.23. The summed E-state index contributed by atoms with van der Waals surface area (Å²) in [7, 11) is -2.32. The summed E-state index contributed by atoms with van der Waals surface area (Å²) < 4.78 is 42.6. The first-order valence-corrected chi connectivity index (χ1v) is 14.8. The number of rotatable bonds is 2. The predicted octanol–water partition coefficient (Wildman–Crippen LogP) is 8.23. The normalized spacial score (nSPS) is 15.3. The van der Waals surface area contributed by atoms with E-state index in [-0.39, 0.29) is 11.0 Å². The van der Waals surface area contributed by atoms with Crippen LogP contribution in [-0.2, 0) is 11.6 Å². The summed E-state index contributed by atoms with van der Waals surface area (Å²) in [5.74, 6) is 0. The molecule has 0 bridgehead atoms. The van der Waals surface area contributed by atoms with Crippen LogP contribution in [0.1, 0.15) is 43.0 Å². The Morgan fingerprint density at radius 2 is 1.49 bits per heavy atom. The highest BCUT2D eigenvalue weighted by Gasteiger charge is 2.41. The van der Waals surface area contributed by atoms with E-state index >= 15 is 0 Å². The highest BCUT2D eigenvalue weighted by molar-refractivity contribution is 7.07. The minimum atomic E-state index is -4.49. The second-order valence-corrected chi connectivity index (χ2v) is 15.2. The van der Waals surface area contributed by atoms with Crippen molar-refractivity contribution >= 4 is 35.3 Å². The van der Waals surface area contributed by atoms with Gasteiger partial charge >= 0.3 is 6.18 Å². The van der Waals surface area contributed by atoms with E-state index in [0.29, 0.717) is 5.69 Å². The first kappa shape index (κ1) is 23.6. The average Bonchev–Trinajstić information content (AvgIpc) is 3.07. The van der Waals surface area contributed by atoms with E-state index in [0.717, 1.165) is 38.9 Å². The fraction of sp³-hybridized carbons (Fsp3) is 0.233. The quantitative estimate of drug-likeness (QED) is 0.260. The molecule has 5 rings (SSSR count). The van der Waals surface area contributed by atoms with Crippen LogP contribution in [0.4, 0.5) is 13.2 Å². The number of pyridine rings is 1. The maximum atomic E-state index is 14.2. The molecule has 0 atom stereocenters. The van der Waals surface area contributed by atoms with Crippen LogP contribution in [0, 0.1) is 0 Å². The van der Waals surface area contributed by atoms with Crippen molar-refractivity contribution < 1.29 is 13.2 Å². The van der Waals surface area contributed by atoms with Crippen molar-refractivity contribution in [2.24, 2.45) is 0 Å². The molecule has 4 aromatic rings. The lowest BCUT2D eigenvalue weighted by molar-refractivity contribution is -0.138. The molecular formula is C30H28F3NSi. The summed E-state index contributed by atoms with van der Waals surface area (Å²) in [5, 5.41) is 4.17. The lowest BCUT2D eigenvalue weighted by Crippen LogP contribution is -2.41. The van der Waals surface area contributed by atoms with Gasteiger partial charge in [-0.3, -0.25) is 4.98 Å². The Bertz CT molecular complexity index is 1490. The Hall–Kier alpha value is -3.18. The third-order valence-corrected chi connectivity index (χ3v) is 10.6. The van der Waals surface area contributed by atoms with Gasteiger partial charge in [0.2, 0.25) is 0 Å². The summed E-state index contributed by atoms with van der Waals surface area (Å²) in [5.41, 5.74) is 3.01. The summed E-state index contributed by atoms with van der Waals surface area (Å²) in [4.78, 5) is 4.34. The molecule has 5 heteroatoms. The third kappa shape index (κ3) is 4.02. The third-order valence-electron chi connectivity index (χ3n) is 7.07. The zero-order valence-electron chi connectivity index (χ0n) is 20.6. The summed E-state index contributed by atoms with van der Waals surface area (Å²) >= 11 is 0. The van der Waals surface area contributed by atoms with Gasteiger partial charge in [-0.05, 0) is 61.5 Å². The Morgan fingerprint density at radius 1 is 0.800 bits per heavy atom. The van der Waals surface area contributed by atoms with E-state index in [1.165, 1.54) is 5.19 Å². The standard InChI is InChI=1S/C30H28F3NSi/c1-29(2,3)24-15-21(14-19-10-6-8-12-22(19)24)26-17-23(25(18-34-26)30(31,32)33)28-16-20-11-7-9-13-27(20)35(28,4)5/h6-18H,1-5H3. The van der Waals surface area contributed by atoms with Crippen LogP contribution in [0.15, 0.2) is 72.9 Å². The van der Waals surface area contributed by atoms with Gasteiger partial charge in [-0.15, -0.1) is 0 Å². The Labute approximate surface area is 205 Å². The molecule has 0 fully saturated rings. The molecule has 2 heterocycles. The van der Waals surface area contributed by atoms with Crippen molar-refractivity contribution in [2.75, 3.05) is 0 Å². The molecular weight excluding hydrogens is 459 g/mol. The van der Waals surface area contributed by atoms with Gasteiger partial charge in [-0.1, -0.05) is 88.5 Å². The average molecular weight is 488 g/mol. The van der Waals surface area contributed by atoms with Gasteiger partial charge in [0.15, 0.2) is 0 Å². The molecule has 1 aliphatic heterocycles. The molecule has 0 saturated carbocycles. The van der Waals surface area contributed by atoms with Crippen molar-refractivity contribution in [2.45, 2.75) is 45.5 Å². The van der Waals surface area contributed by atoms with Crippen LogP contribution in [0.25, 0.3) is 33.3 Å². The van der Waals surface area contributed by atoms with Gasteiger partial charge in [0.1, 0.15) is 8.07 Å². The fourth-order valence-corrected chi connectivity index (χ4v) is 8.31. The molecule has 0 N–H and O–H groups in total. The first-order chi connectivity index (χ1) is 16.4. The zero-order chi connectivity index (χ0) is 25.2. The van der Waals surface area contributed by atoms with E-state index in [2.05, 4.69) is 57.0 Å². The molecule has 178 valence electrons. The van der Waals surface area contributed by atoms with E-state index in [1.54, 1.807) is 6.07 Å². The van der Waals surface area contributed by atoms with E-state index in [4.69, 9.17) is 0 Å². The minimum Gasteiger partial charge on any atom is -0.256 e. The SMILES string of the molecule is CC(C)(C)c1cc(-c2cc(C3=Cc4ccccc4[Si]3(C)C)c(C(F)(F)F)cn2)cc2ccccc12. The van der Waals surface area contributed by atoms with Crippen LogP contribution >= 0.6 is 0 Å². The monoisotopic (exact) mass is 487 g/mol. The number of halogens is 3. The maximum absolute atomic E-state index is 14.2. The van der Waals surface area contributed by atoms with Crippen LogP contribution in [0.5, 0.6) is 0 Å². The maximum Gasteiger partial charge on any atom is 0.418 e. The largest absolute Gasteiger partial charge is 0.418 e. The van der Waals surface area contributed by atoms with Crippen molar-refractivity contribution in [3.63, 3.8) is 0 Å². The van der Waals surface area contributed by atoms with Crippen LogP contribution < -0.4 is 5.19 Å². The van der Waals surface area contributed by atoms with E-state index in [1.807, 2.05) is 48.5 Å². The topological polar surface area (TPSA) is 12.9 Å². The van der Waals surface area contributed by atoms with Crippen molar-refractivity contribution in [1.82, 2.24) is 4.98 Å². The Morgan fingerprint density at radius 3 is 2.17 bits per heavy atom. The van der Waals surface area contributed by atoms with E-state index < -0.39 is 19.8 Å². The molecule has 0 amide bonds. The highest BCUT2D eigenvalue weighted by atomic mass is 28.3. The van der Waals surface area contributed by atoms with Gasteiger partial charge < -0.3 is 0 Å². The number of aromatic nitrogens is 1. The van der Waals surface area contributed by atoms with E-state index in [9.17, 15) is 13.2 Å². The molecule has 1 aromatic heterocycles. The number of hydrogen-bond donors (Lipinski definition) is 0. The molecule has 1 aliphatic rings. The smallest absolute Gasteiger partial charge is 0.256 e. The summed E-state index contributed by atoms with van der Waals surface area (Å²) in [6.45, 7) is 10.7. The molecule has 0 saturated heterocycles. The van der Waals surface area contributed by atoms with Crippen molar-refractivity contribution in [1.29, 1.82) is 0 Å². The predicted molar refractivity (Wildman–Crippen MR) is 142 cm³/mol. The highest BCUT2D eigenvalue weighted by Crippen LogP contribution is 2.43. The first-order valence-electron chi connectivity index (χ1n) is 11.8. The number of hydrogen-bond acceptors (Lipinski definition) is 1. The molecule has 1 nitrogen and oxygen atoms in total. The zero-order valence-corrected chi connectivity index (χ0v) is 21.6. The molecule has 0 radical (unpaired) electrons. The second kappa shape index (κ2) is 7.92. The number of alkyl halides is 3. The Kier molecular flexibility index (Phi) is 5.33. The van der Waals surface area contributed by atoms with Crippen LogP contribution in [0.3, 0.4) is 0 Å². The van der Waals surface area contributed by atoms with Gasteiger partial charge in [0.25, 0.3) is 0 Å². The van der Waals surface area contributed by atoms with Crippen molar-refractivity contribution in [3.05, 3.63) is 95.2 Å². The second-order valence-electron chi connectivity index (χ2n) is 10.9. The van der Waals surface area contributed by atoms with Crippen LogP contribution in [0.2, 0.25) is 13.1 Å². The number of nitrogens with zero attached hydrogens (tertiary/aromatic N) is 1. The minimum absolute atomic E-state index is 0.130. The summed E-state index contributed by atoms with van der Waals surface area (Å²) in [6.07, 6.45) is -1.51. The molecule has 0 unspecified atom stereocenters. The van der Waals surface area contributed by atoms with Gasteiger partial charge in [-0.25, -0.2) is 0 Å². The Balaban J connectivity index is 1.75.